The van der Waals surface area contributed by atoms with E-state index in [0.717, 1.165) is 25.1 Å². The average molecular weight is 369 g/mol. The van der Waals surface area contributed by atoms with Crippen LogP contribution in [0.2, 0.25) is 0 Å². The number of nitrogens with one attached hydrogen (secondary N) is 2. The smallest absolute Gasteiger partial charge is 0.282 e. The van der Waals surface area contributed by atoms with Crippen LogP contribution in [0.15, 0.2) is 23.1 Å². The van der Waals surface area contributed by atoms with E-state index in [1.807, 2.05) is 13.8 Å². The van der Waals surface area contributed by atoms with Crippen molar-refractivity contribution in [2.75, 3.05) is 32.5 Å². The van der Waals surface area contributed by atoms with Gasteiger partial charge in [-0.2, -0.15) is 0 Å². The lowest BCUT2D eigenvalue weighted by molar-refractivity contribution is -0.922. The van der Waals surface area contributed by atoms with Crippen molar-refractivity contribution in [2.24, 2.45) is 5.92 Å². The fourth-order valence-corrected chi connectivity index (χ4v) is 4.18. The van der Waals surface area contributed by atoms with Crippen molar-refractivity contribution < 1.29 is 18.1 Å². The number of aryl methyl sites for hydroxylation is 1. The summed E-state index contributed by atoms with van der Waals surface area (Å²) in [6.07, 6.45) is 2.37. The second-order valence-electron chi connectivity index (χ2n) is 7.33. The summed E-state index contributed by atoms with van der Waals surface area (Å²) in [6.45, 7) is 8.04. The SMILES string of the molecule is Cc1ccc(S(=O)(=O)N(C)C)cc1NC(=O)[C@H](C)[NH+]1CCC[C@H](C)C1. The van der Waals surface area contributed by atoms with Crippen LogP contribution in [0.25, 0.3) is 0 Å². The fourth-order valence-electron chi connectivity index (χ4n) is 3.26. The molecular formula is C18H30N3O3S+. The number of carbonyl (C=O) groups is 1. The lowest BCUT2D eigenvalue weighted by Gasteiger charge is -2.31. The molecule has 1 aromatic rings. The summed E-state index contributed by atoms with van der Waals surface area (Å²) in [6, 6.07) is 4.69. The van der Waals surface area contributed by atoms with Gasteiger partial charge in [-0.3, -0.25) is 4.79 Å². The minimum Gasteiger partial charge on any atom is -0.325 e. The Bertz CT molecular complexity index is 731. The van der Waals surface area contributed by atoms with Gasteiger partial charge in [0.2, 0.25) is 10.0 Å². The molecule has 140 valence electrons. The number of amides is 1. The maximum Gasteiger partial charge on any atom is 0.282 e. The van der Waals surface area contributed by atoms with Crippen LogP contribution in [0.1, 0.15) is 32.3 Å². The molecule has 3 atom stereocenters. The lowest BCUT2D eigenvalue weighted by atomic mass is 9.99. The van der Waals surface area contributed by atoms with Crippen molar-refractivity contribution in [1.82, 2.24) is 4.31 Å². The summed E-state index contributed by atoms with van der Waals surface area (Å²) in [5.74, 6) is 0.570. The van der Waals surface area contributed by atoms with Gasteiger partial charge >= 0.3 is 0 Å². The minimum absolute atomic E-state index is 0.0633. The Morgan fingerprint density at radius 3 is 2.64 bits per heavy atom. The zero-order valence-corrected chi connectivity index (χ0v) is 16.6. The van der Waals surface area contributed by atoms with Gasteiger partial charge in [0.25, 0.3) is 5.91 Å². The predicted molar refractivity (Wildman–Crippen MR) is 99.2 cm³/mol. The number of carbonyl (C=O) groups excluding carboxylic acids is 1. The van der Waals surface area contributed by atoms with Gasteiger partial charge in [-0.1, -0.05) is 13.0 Å². The lowest BCUT2D eigenvalue weighted by Crippen LogP contribution is -3.17. The first-order valence-corrected chi connectivity index (χ1v) is 10.3. The third kappa shape index (κ3) is 4.59. The molecule has 1 fully saturated rings. The average Bonchev–Trinajstić information content (AvgIpc) is 2.55. The second-order valence-corrected chi connectivity index (χ2v) is 9.49. The third-order valence-corrected chi connectivity index (χ3v) is 6.87. The first kappa shape index (κ1) is 19.9. The third-order valence-electron chi connectivity index (χ3n) is 5.06. The van der Waals surface area contributed by atoms with Crippen molar-refractivity contribution in [3.05, 3.63) is 23.8 Å². The number of sulfonamides is 1. The number of rotatable bonds is 5. The molecule has 0 radical (unpaired) electrons. The van der Waals surface area contributed by atoms with Gasteiger partial charge in [-0.15, -0.1) is 0 Å². The van der Waals surface area contributed by atoms with E-state index < -0.39 is 10.0 Å². The molecule has 0 spiro atoms. The van der Waals surface area contributed by atoms with Gasteiger partial charge in [0.05, 0.1) is 18.0 Å². The molecule has 1 amide bonds. The molecule has 1 aromatic carbocycles. The van der Waals surface area contributed by atoms with Gasteiger partial charge < -0.3 is 10.2 Å². The Kier molecular flexibility index (Phi) is 6.24. The number of quaternary nitrogens is 1. The summed E-state index contributed by atoms with van der Waals surface area (Å²) in [5, 5.41) is 2.93. The van der Waals surface area contributed by atoms with Gasteiger partial charge in [0, 0.05) is 25.7 Å². The van der Waals surface area contributed by atoms with Crippen LogP contribution >= 0.6 is 0 Å². The van der Waals surface area contributed by atoms with Crippen molar-refractivity contribution in [3.8, 4) is 0 Å². The highest BCUT2D eigenvalue weighted by Gasteiger charge is 2.29. The van der Waals surface area contributed by atoms with E-state index in [1.54, 1.807) is 18.2 Å². The van der Waals surface area contributed by atoms with Gasteiger partial charge in [0.1, 0.15) is 0 Å². The number of hydrogen-bond acceptors (Lipinski definition) is 3. The summed E-state index contributed by atoms with van der Waals surface area (Å²) < 4.78 is 25.8. The number of nitrogens with zero attached hydrogens (tertiary/aromatic N) is 1. The quantitative estimate of drug-likeness (QED) is 0.811. The molecule has 1 unspecified atom stereocenters. The summed E-state index contributed by atoms with van der Waals surface area (Å²) >= 11 is 0. The van der Waals surface area contributed by atoms with E-state index >= 15 is 0 Å². The van der Waals surface area contributed by atoms with Crippen LogP contribution in [0.3, 0.4) is 0 Å². The van der Waals surface area contributed by atoms with Crippen molar-refractivity contribution in [3.63, 3.8) is 0 Å². The van der Waals surface area contributed by atoms with E-state index in [2.05, 4.69) is 12.2 Å². The molecule has 6 nitrogen and oxygen atoms in total. The molecule has 2 N–H and O–H groups in total. The molecule has 0 bridgehead atoms. The molecule has 1 heterocycles. The summed E-state index contributed by atoms with van der Waals surface area (Å²) in [5.41, 5.74) is 1.41. The molecule has 1 aliphatic rings. The van der Waals surface area contributed by atoms with Crippen LogP contribution < -0.4 is 10.2 Å². The Labute approximate surface area is 151 Å². The van der Waals surface area contributed by atoms with E-state index in [1.165, 1.54) is 29.7 Å². The minimum atomic E-state index is -3.52. The maximum atomic E-state index is 12.7. The molecule has 2 rings (SSSR count). The molecule has 1 aliphatic heterocycles. The summed E-state index contributed by atoms with van der Waals surface area (Å²) in [4.78, 5) is 14.2. The van der Waals surface area contributed by atoms with Crippen LogP contribution in [0.4, 0.5) is 5.69 Å². The molecule has 0 aliphatic carbocycles. The fraction of sp³-hybridized carbons (Fsp3) is 0.611. The number of likely N-dealkylation sites (tertiary alicyclic amines) is 1. The molecule has 7 heteroatoms. The first-order valence-electron chi connectivity index (χ1n) is 8.81. The number of piperidine rings is 1. The van der Waals surface area contributed by atoms with Crippen molar-refractivity contribution >= 4 is 21.6 Å². The molecule has 0 aromatic heterocycles. The highest BCUT2D eigenvalue weighted by atomic mass is 32.2. The second kappa shape index (κ2) is 7.85. The van der Waals surface area contributed by atoms with Gasteiger partial charge in [0.15, 0.2) is 6.04 Å². The molecule has 0 saturated carbocycles. The number of hydrogen-bond donors (Lipinski definition) is 2. The molecule has 1 saturated heterocycles. The molecule has 25 heavy (non-hydrogen) atoms. The number of anilines is 1. The van der Waals surface area contributed by atoms with Crippen LogP contribution in [-0.4, -0.2) is 51.9 Å². The first-order chi connectivity index (χ1) is 11.6. The Balaban J connectivity index is 2.17. The largest absolute Gasteiger partial charge is 0.325 e. The highest BCUT2D eigenvalue weighted by molar-refractivity contribution is 7.89. The Morgan fingerprint density at radius 1 is 1.36 bits per heavy atom. The van der Waals surface area contributed by atoms with Crippen molar-refractivity contribution in [2.45, 2.75) is 44.6 Å². The van der Waals surface area contributed by atoms with Crippen LogP contribution in [0.5, 0.6) is 0 Å². The normalized spacial score (nSPS) is 22.6. The standard InChI is InChI=1S/C18H29N3O3S/c1-13-7-6-10-21(12-13)15(3)18(22)19-17-11-16(9-8-14(17)2)25(23,24)20(4)5/h8-9,11,13,15H,6-7,10,12H2,1-5H3,(H,19,22)/p+1/t13-,15-/m0/s1. The van der Waals surface area contributed by atoms with Crippen LogP contribution in [0, 0.1) is 12.8 Å². The van der Waals surface area contributed by atoms with Gasteiger partial charge in [-0.05, 0) is 44.4 Å². The Hall–Kier alpha value is -1.44. The van der Waals surface area contributed by atoms with E-state index in [4.69, 9.17) is 0 Å². The predicted octanol–water partition coefficient (Wildman–Crippen LogP) is 0.887. The number of benzene rings is 1. The topological polar surface area (TPSA) is 70.9 Å². The maximum absolute atomic E-state index is 12.7. The van der Waals surface area contributed by atoms with E-state index in [-0.39, 0.29) is 16.8 Å². The van der Waals surface area contributed by atoms with Crippen molar-refractivity contribution in [1.29, 1.82) is 0 Å². The van der Waals surface area contributed by atoms with Crippen LogP contribution in [-0.2, 0) is 14.8 Å². The zero-order chi connectivity index (χ0) is 18.8. The highest BCUT2D eigenvalue weighted by Crippen LogP contribution is 2.22. The van der Waals surface area contributed by atoms with E-state index in [9.17, 15) is 13.2 Å². The molecular weight excluding hydrogens is 338 g/mol. The van der Waals surface area contributed by atoms with Gasteiger partial charge in [-0.25, -0.2) is 12.7 Å². The summed E-state index contributed by atoms with van der Waals surface area (Å²) in [7, 11) is -0.530. The Morgan fingerprint density at radius 2 is 2.04 bits per heavy atom. The monoisotopic (exact) mass is 368 g/mol. The zero-order valence-electron chi connectivity index (χ0n) is 15.8. The van der Waals surface area contributed by atoms with E-state index in [0.29, 0.717) is 11.6 Å².